The third kappa shape index (κ3) is 5.43. The van der Waals surface area contributed by atoms with Gasteiger partial charge in [0, 0.05) is 29.9 Å². The summed E-state index contributed by atoms with van der Waals surface area (Å²) in [6.07, 6.45) is 0.423. The number of dihydropyridines is 1. The Labute approximate surface area is 196 Å². The number of phenolic OH excluding ortho intramolecular Hbond substituents is 1. The molecule has 0 spiro atoms. The number of rotatable bonds is 8. The highest BCUT2D eigenvalue weighted by molar-refractivity contribution is 6.00. The van der Waals surface area contributed by atoms with Crippen LogP contribution < -0.4 is 5.32 Å². The fraction of sp³-hybridized carbons (Fsp3) is 0.280. The largest absolute Gasteiger partial charge is 0.508 e. The highest BCUT2D eigenvalue weighted by Crippen LogP contribution is 2.40. The van der Waals surface area contributed by atoms with E-state index in [9.17, 15) is 24.8 Å². The first kappa shape index (κ1) is 24.5. The molecule has 1 unspecified atom stereocenters. The molecule has 2 aromatic carbocycles. The smallest absolute Gasteiger partial charge is 0.336 e. The zero-order valence-corrected chi connectivity index (χ0v) is 19.2. The van der Waals surface area contributed by atoms with Crippen molar-refractivity contribution in [3.05, 3.63) is 92.3 Å². The van der Waals surface area contributed by atoms with Crippen LogP contribution in [-0.2, 0) is 25.5 Å². The second-order valence-electron chi connectivity index (χ2n) is 7.76. The van der Waals surface area contributed by atoms with Gasteiger partial charge in [-0.15, -0.1) is 0 Å². The second kappa shape index (κ2) is 10.7. The van der Waals surface area contributed by atoms with Crippen LogP contribution in [0.25, 0.3) is 0 Å². The number of carbonyl (C=O) groups excluding carboxylic acids is 2. The number of nitro benzene ring substituents is 1. The Morgan fingerprint density at radius 1 is 1.03 bits per heavy atom. The van der Waals surface area contributed by atoms with E-state index < -0.39 is 22.8 Å². The molecule has 34 heavy (non-hydrogen) atoms. The fourth-order valence-corrected chi connectivity index (χ4v) is 3.90. The number of allylic oxidation sites excluding steroid dienone is 2. The van der Waals surface area contributed by atoms with E-state index in [4.69, 9.17) is 9.47 Å². The summed E-state index contributed by atoms with van der Waals surface area (Å²) in [5.74, 6) is -2.02. The molecule has 0 saturated carbocycles. The average Bonchev–Trinajstić information content (AvgIpc) is 2.80. The van der Waals surface area contributed by atoms with Crippen molar-refractivity contribution in [1.82, 2.24) is 5.32 Å². The number of aromatic hydroxyl groups is 1. The molecule has 178 valence electrons. The number of phenols is 1. The molecule has 0 bridgehead atoms. The summed E-state index contributed by atoms with van der Waals surface area (Å²) in [4.78, 5) is 36.9. The number of non-ortho nitro benzene ring substituents is 1. The lowest BCUT2D eigenvalue weighted by Gasteiger charge is -2.30. The molecule has 2 aromatic rings. The maximum absolute atomic E-state index is 13.2. The van der Waals surface area contributed by atoms with Crippen LogP contribution in [0.5, 0.6) is 5.75 Å². The molecule has 1 heterocycles. The molecule has 0 aromatic heterocycles. The number of benzene rings is 2. The Kier molecular flexibility index (Phi) is 7.68. The van der Waals surface area contributed by atoms with E-state index in [-0.39, 0.29) is 35.8 Å². The van der Waals surface area contributed by atoms with Crippen molar-refractivity contribution in [1.29, 1.82) is 0 Å². The van der Waals surface area contributed by atoms with Crippen molar-refractivity contribution in [2.24, 2.45) is 0 Å². The summed E-state index contributed by atoms with van der Waals surface area (Å²) in [6, 6.07) is 12.4. The SMILES string of the molecule is CCOC(=O)C1=C(C)NC(C)=C(C(=O)OCCc2ccc(O)cc2)C1c1cccc([N+](=O)[O-])c1. The van der Waals surface area contributed by atoms with Crippen LogP contribution in [-0.4, -0.2) is 35.2 Å². The summed E-state index contributed by atoms with van der Waals surface area (Å²) < 4.78 is 10.8. The third-order valence-corrected chi connectivity index (χ3v) is 5.45. The molecule has 1 aliphatic rings. The molecule has 0 fully saturated rings. The van der Waals surface area contributed by atoms with Gasteiger partial charge >= 0.3 is 11.9 Å². The molecule has 0 amide bonds. The highest BCUT2D eigenvalue weighted by atomic mass is 16.6. The summed E-state index contributed by atoms with van der Waals surface area (Å²) in [5.41, 5.74) is 2.47. The molecule has 9 nitrogen and oxygen atoms in total. The minimum atomic E-state index is -0.902. The Bertz CT molecular complexity index is 1170. The Hall–Kier alpha value is -4.14. The second-order valence-corrected chi connectivity index (χ2v) is 7.76. The van der Waals surface area contributed by atoms with Crippen molar-refractivity contribution in [3.63, 3.8) is 0 Å². The first-order valence-electron chi connectivity index (χ1n) is 10.8. The predicted molar refractivity (Wildman–Crippen MR) is 124 cm³/mol. The van der Waals surface area contributed by atoms with Gasteiger partial charge in [0.05, 0.1) is 35.2 Å². The number of nitrogens with zero attached hydrogens (tertiary/aromatic N) is 1. The maximum atomic E-state index is 13.2. The zero-order valence-electron chi connectivity index (χ0n) is 19.2. The Morgan fingerprint density at radius 2 is 1.65 bits per heavy atom. The quantitative estimate of drug-likeness (QED) is 0.341. The first-order valence-corrected chi connectivity index (χ1v) is 10.8. The first-order chi connectivity index (χ1) is 16.2. The lowest BCUT2D eigenvalue weighted by Crippen LogP contribution is -2.32. The van der Waals surface area contributed by atoms with Crippen molar-refractivity contribution in [2.45, 2.75) is 33.1 Å². The van der Waals surface area contributed by atoms with Gasteiger partial charge in [0.15, 0.2) is 0 Å². The maximum Gasteiger partial charge on any atom is 0.336 e. The molecular weight excluding hydrogens is 440 g/mol. The fourth-order valence-electron chi connectivity index (χ4n) is 3.90. The van der Waals surface area contributed by atoms with Crippen LogP contribution >= 0.6 is 0 Å². The number of nitrogens with one attached hydrogen (secondary N) is 1. The summed E-state index contributed by atoms with van der Waals surface area (Å²) in [6.45, 7) is 5.25. The number of ether oxygens (including phenoxy) is 2. The number of hydrogen-bond acceptors (Lipinski definition) is 8. The summed E-state index contributed by atoms with van der Waals surface area (Å²) >= 11 is 0. The highest BCUT2D eigenvalue weighted by Gasteiger charge is 2.38. The van der Waals surface area contributed by atoms with Gasteiger partial charge in [0.25, 0.3) is 5.69 Å². The van der Waals surface area contributed by atoms with Crippen LogP contribution in [0.15, 0.2) is 71.1 Å². The zero-order chi connectivity index (χ0) is 24.8. The number of nitro groups is 1. The minimum absolute atomic E-state index is 0.0689. The molecule has 0 radical (unpaired) electrons. The van der Waals surface area contributed by atoms with Crippen LogP contribution in [0.4, 0.5) is 5.69 Å². The lowest BCUT2D eigenvalue weighted by atomic mass is 9.80. The van der Waals surface area contributed by atoms with E-state index in [1.165, 1.54) is 18.2 Å². The van der Waals surface area contributed by atoms with Gasteiger partial charge in [-0.05, 0) is 44.0 Å². The molecule has 1 atom stereocenters. The molecule has 0 aliphatic carbocycles. The van der Waals surface area contributed by atoms with Crippen molar-refractivity contribution in [2.75, 3.05) is 13.2 Å². The van der Waals surface area contributed by atoms with Crippen molar-refractivity contribution in [3.8, 4) is 5.75 Å². The average molecular weight is 466 g/mol. The topological polar surface area (TPSA) is 128 Å². The van der Waals surface area contributed by atoms with Crippen LogP contribution in [0.3, 0.4) is 0 Å². The standard InChI is InChI=1S/C25H26N2O7/c1-4-33-24(29)21-15(2)26-16(3)22(23(21)18-6-5-7-19(14-18)27(31)32)25(30)34-13-12-17-8-10-20(28)11-9-17/h5-11,14,23,26,28H,4,12-13H2,1-3H3. The van der Waals surface area contributed by atoms with E-state index in [1.807, 2.05) is 0 Å². The molecule has 9 heteroatoms. The van der Waals surface area contributed by atoms with Gasteiger partial charge in [0.2, 0.25) is 0 Å². The molecule has 2 N–H and O–H groups in total. The van der Waals surface area contributed by atoms with E-state index in [0.29, 0.717) is 23.4 Å². The van der Waals surface area contributed by atoms with Gasteiger partial charge in [-0.1, -0.05) is 24.3 Å². The molecular formula is C25H26N2O7. The van der Waals surface area contributed by atoms with Crippen molar-refractivity contribution >= 4 is 17.6 Å². The van der Waals surface area contributed by atoms with Gasteiger partial charge in [-0.25, -0.2) is 9.59 Å². The van der Waals surface area contributed by atoms with Crippen LogP contribution in [0.1, 0.15) is 37.8 Å². The van der Waals surface area contributed by atoms with Gasteiger partial charge in [0.1, 0.15) is 5.75 Å². The van der Waals surface area contributed by atoms with E-state index >= 15 is 0 Å². The Morgan fingerprint density at radius 3 is 2.24 bits per heavy atom. The van der Waals surface area contributed by atoms with Gasteiger partial charge in [-0.2, -0.15) is 0 Å². The van der Waals surface area contributed by atoms with E-state index in [1.54, 1.807) is 51.1 Å². The Balaban J connectivity index is 1.95. The third-order valence-electron chi connectivity index (χ3n) is 5.45. The molecule has 3 rings (SSSR count). The van der Waals surface area contributed by atoms with Crippen LogP contribution in [0, 0.1) is 10.1 Å². The number of esters is 2. The minimum Gasteiger partial charge on any atom is -0.508 e. The van der Waals surface area contributed by atoms with E-state index in [2.05, 4.69) is 5.32 Å². The summed E-state index contributed by atoms with van der Waals surface area (Å²) in [5, 5.41) is 23.8. The lowest BCUT2D eigenvalue weighted by molar-refractivity contribution is -0.384. The van der Waals surface area contributed by atoms with Crippen molar-refractivity contribution < 1.29 is 29.1 Å². The van der Waals surface area contributed by atoms with Gasteiger partial charge < -0.3 is 19.9 Å². The van der Waals surface area contributed by atoms with Gasteiger partial charge in [-0.3, -0.25) is 10.1 Å². The van der Waals surface area contributed by atoms with E-state index in [0.717, 1.165) is 5.56 Å². The predicted octanol–water partition coefficient (Wildman–Crippen LogP) is 3.88. The normalized spacial score (nSPS) is 15.6. The molecule has 0 saturated heterocycles. The summed E-state index contributed by atoms with van der Waals surface area (Å²) in [7, 11) is 0. The number of carbonyl (C=O) groups is 2. The number of hydrogen-bond donors (Lipinski definition) is 2. The van der Waals surface area contributed by atoms with Crippen LogP contribution in [0.2, 0.25) is 0 Å². The monoisotopic (exact) mass is 466 g/mol. The molecule has 1 aliphatic heterocycles.